The Morgan fingerprint density at radius 2 is 1.60 bits per heavy atom. The highest BCUT2D eigenvalue weighted by atomic mass is 16.1. The molecule has 1 aliphatic carbocycles. The molecule has 4 rings (SSSR count). The molecule has 0 saturated heterocycles. The zero-order valence-electron chi connectivity index (χ0n) is 21.6. The Bertz CT molecular complexity index is 1170. The van der Waals surface area contributed by atoms with Gasteiger partial charge in [0, 0.05) is 23.8 Å². The number of carbonyl (C=O) groups is 1. The average Bonchev–Trinajstić information content (AvgIpc) is 3.08. The summed E-state index contributed by atoms with van der Waals surface area (Å²) >= 11 is 0. The van der Waals surface area contributed by atoms with Gasteiger partial charge in [0.05, 0.1) is 0 Å². The molecular weight excluding hydrogens is 428 g/mol. The molecule has 0 fully saturated rings. The van der Waals surface area contributed by atoms with Crippen molar-refractivity contribution >= 4 is 17.7 Å². The second kappa shape index (κ2) is 11.5. The molecule has 0 bridgehead atoms. The molecule has 3 aromatic carbocycles. The minimum Gasteiger partial charge on any atom is -0.322 e. The topological polar surface area (TPSA) is 32.3 Å². The average molecular weight is 467 g/mol. The van der Waals surface area contributed by atoms with E-state index >= 15 is 0 Å². The van der Waals surface area contributed by atoms with Crippen LogP contribution in [0.15, 0.2) is 72.3 Å². The molecule has 35 heavy (non-hydrogen) atoms. The number of anilines is 1. The van der Waals surface area contributed by atoms with Crippen molar-refractivity contribution in [3.63, 3.8) is 0 Å². The lowest BCUT2D eigenvalue weighted by atomic mass is 9.97. The maximum atomic E-state index is 13.2. The fraction of sp³-hybridized carbons (Fsp3) is 0.344. The van der Waals surface area contributed by atoms with Gasteiger partial charge in [0.2, 0.25) is 0 Å². The fourth-order valence-corrected chi connectivity index (χ4v) is 5.02. The summed E-state index contributed by atoms with van der Waals surface area (Å²) in [5.74, 6) is 0.000451. The monoisotopic (exact) mass is 466 g/mol. The molecular formula is C32H38N2O. The van der Waals surface area contributed by atoms with Gasteiger partial charge in [-0.05, 0) is 98.2 Å². The van der Waals surface area contributed by atoms with Crippen LogP contribution in [0.1, 0.15) is 61.8 Å². The van der Waals surface area contributed by atoms with Crippen LogP contribution in [0.3, 0.4) is 0 Å². The molecule has 0 unspecified atom stereocenters. The smallest absolute Gasteiger partial charge is 0.251 e. The van der Waals surface area contributed by atoms with Crippen molar-refractivity contribution in [2.75, 3.05) is 12.4 Å². The van der Waals surface area contributed by atoms with Crippen LogP contribution in [0.25, 0.3) is 17.2 Å². The highest BCUT2D eigenvalue weighted by Crippen LogP contribution is 2.29. The molecule has 0 radical (unpaired) electrons. The molecule has 182 valence electrons. The van der Waals surface area contributed by atoms with Crippen LogP contribution in [-0.2, 0) is 17.8 Å². The number of nitrogens with one attached hydrogen (secondary N) is 1. The van der Waals surface area contributed by atoms with E-state index in [9.17, 15) is 4.79 Å². The largest absolute Gasteiger partial charge is 0.322 e. The number of benzene rings is 3. The lowest BCUT2D eigenvalue weighted by molar-refractivity contribution is -0.112. The van der Waals surface area contributed by atoms with Crippen LogP contribution < -0.4 is 5.32 Å². The van der Waals surface area contributed by atoms with E-state index in [0.29, 0.717) is 6.04 Å². The number of carbonyl (C=O) groups excluding carboxylic acids is 1. The number of fused-ring (bicyclic) bond motifs is 1. The number of amides is 1. The van der Waals surface area contributed by atoms with Crippen molar-refractivity contribution in [3.05, 3.63) is 94.6 Å². The SMILES string of the molecule is CCC(CC)N(C)Cc1ccc(NC(=O)C2=Cc3cc(-c4ccc(C)cc4)ccc3CCC2)cc1. The van der Waals surface area contributed by atoms with Gasteiger partial charge in [-0.15, -0.1) is 0 Å². The Morgan fingerprint density at radius 3 is 2.29 bits per heavy atom. The van der Waals surface area contributed by atoms with E-state index in [4.69, 9.17) is 0 Å². The van der Waals surface area contributed by atoms with Crippen molar-refractivity contribution in [2.24, 2.45) is 0 Å². The van der Waals surface area contributed by atoms with Crippen LogP contribution in [-0.4, -0.2) is 23.9 Å². The first-order valence-electron chi connectivity index (χ1n) is 13.0. The molecule has 0 aliphatic heterocycles. The summed E-state index contributed by atoms with van der Waals surface area (Å²) in [6.45, 7) is 7.51. The van der Waals surface area contributed by atoms with E-state index < -0.39 is 0 Å². The van der Waals surface area contributed by atoms with E-state index in [0.717, 1.165) is 55.5 Å². The van der Waals surface area contributed by atoms with E-state index in [1.807, 2.05) is 12.1 Å². The molecule has 0 atom stereocenters. The lowest BCUT2D eigenvalue weighted by Gasteiger charge is -2.26. The van der Waals surface area contributed by atoms with Gasteiger partial charge in [-0.1, -0.05) is 67.9 Å². The molecule has 3 heteroatoms. The number of aryl methyl sites for hydroxylation is 2. The van der Waals surface area contributed by atoms with Crippen LogP contribution in [0.4, 0.5) is 5.69 Å². The zero-order valence-corrected chi connectivity index (χ0v) is 21.6. The van der Waals surface area contributed by atoms with E-state index in [1.54, 1.807) is 0 Å². The minimum atomic E-state index is 0.000451. The molecule has 0 saturated carbocycles. The Hall–Kier alpha value is -3.17. The van der Waals surface area contributed by atoms with Crippen molar-refractivity contribution in [1.29, 1.82) is 0 Å². The maximum absolute atomic E-state index is 13.2. The van der Waals surface area contributed by atoms with Gasteiger partial charge in [-0.2, -0.15) is 0 Å². The van der Waals surface area contributed by atoms with E-state index in [-0.39, 0.29) is 5.91 Å². The standard InChI is InChI=1S/C32H38N2O/c1-5-31(6-2)34(4)22-24-12-18-30(19-13-24)33-32(35)28-9-7-8-25-16-17-27(20-29(25)21-28)26-14-10-23(3)11-15-26/h10-21,31H,5-9,22H2,1-4H3,(H,33,35). The van der Waals surface area contributed by atoms with Gasteiger partial charge in [0.1, 0.15) is 0 Å². The molecule has 0 spiro atoms. The highest BCUT2D eigenvalue weighted by Gasteiger charge is 2.16. The number of rotatable bonds is 8. The van der Waals surface area contributed by atoms with Gasteiger partial charge in [0.15, 0.2) is 0 Å². The van der Waals surface area contributed by atoms with Crippen LogP contribution in [0.2, 0.25) is 0 Å². The second-order valence-electron chi connectivity index (χ2n) is 9.84. The Morgan fingerprint density at radius 1 is 0.914 bits per heavy atom. The Labute approximate surface area is 210 Å². The third kappa shape index (κ3) is 6.29. The zero-order chi connectivity index (χ0) is 24.8. The Kier molecular flexibility index (Phi) is 8.20. The van der Waals surface area contributed by atoms with Crippen molar-refractivity contribution < 1.29 is 4.79 Å². The summed E-state index contributed by atoms with van der Waals surface area (Å²) in [5, 5.41) is 3.13. The molecule has 3 aromatic rings. The minimum absolute atomic E-state index is 0.000451. The summed E-state index contributed by atoms with van der Waals surface area (Å²) < 4.78 is 0. The van der Waals surface area contributed by atoms with Gasteiger partial charge in [0.25, 0.3) is 5.91 Å². The third-order valence-corrected chi connectivity index (χ3v) is 7.25. The van der Waals surface area contributed by atoms with Gasteiger partial charge < -0.3 is 5.32 Å². The Balaban J connectivity index is 1.47. The summed E-state index contributed by atoms with van der Waals surface area (Å²) in [5.41, 5.74) is 9.09. The predicted octanol–water partition coefficient (Wildman–Crippen LogP) is 7.64. The molecule has 0 heterocycles. The molecule has 0 aromatic heterocycles. The molecule has 1 N–H and O–H groups in total. The number of hydrogen-bond acceptors (Lipinski definition) is 2. The summed E-state index contributed by atoms with van der Waals surface area (Å²) in [6.07, 6.45) is 7.18. The summed E-state index contributed by atoms with van der Waals surface area (Å²) in [4.78, 5) is 15.6. The molecule has 1 aliphatic rings. The van der Waals surface area contributed by atoms with E-state index in [1.165, 1.54) is 27.8 Å². The maximum Gasteiger partial charge on any atom is 0.251 e. The van der Waals surface area contributed by atoms with Crippen LogP contribution in [0.5, 0.6) is 0 Å². The van der Waals surface area contributed by atoms with E-state index in [2.05, 4.69) is 98.7 Å². The number of hydrogen-bond donors (Lipinski definition) is 1. The molecule has 1 amide bonds. The second-order valence-corrected chi connectivity index (χ2v) is 9.84. The highest BCUT2D eigenvalue weighted by molar-refractivity contribution is 6.07. The quantitative estimate of drug-likeness (QED) is 0.370. The number of nitrogens with zero attached hydrogens (tertiary/aromatic N) is 1. The third-order valence-electron chi connectivity index (χ3n) is 7.25. The summed E-state index contributed by atoms with van der Waals surface area (Å²) in [6, 6.07) is 24.2. The summed E-state index contributed by atoms with van der Waals surface area (Å²) in [7, 11) is 2.19. The van der Waals surface area contributed by atoms with Gasteiger partial charge in [-0.25, -0.2) is 0 Å². The van der Waals surface area contributed by atoms with Gasteiger partial charge >= 0.3 is 0 Å². The van der Waals surface area contributed by atoms with Crippen LogP contribution >= 0.6 is 0 Å². The van der Waals surface area contributed by atoms with Crippen molar-refractivity contribution in [2.45, 2.75) is 65.5 Å². The predicted molar refractivity (Wildman–Crippen MR) is 148 cm³/mol. The van der Waals surface area contributed by atoms with Crippen molar-refractivity contribution in [1.82, 2.24) is 4.90 Å². The van der Waals surface area contributed by atoms with Crippen molar-refractivity contribution in [3.8, 4) is 11.1 Å². The first-order chi connectivity index (χ1) is 17.0. The fourth-order valence-electron chi connectivity index (χ4n) is 5.02. The van der Waals surface area contributed by atoms with Gasteiger partial charge in [-0.3, -0.25) is 9.69 Å². The first-order valence-corrected chi connectivity index (χ1v) is 13.0. The molecule has 3 nitrogen and oxygen atoms in total. The van der Waals surface area contributed by atoms with Crippen LogP contribution in [0, 0.1) is 6.92 Å². The first kappa shape index (κ1) is 24.9. The normalized spacial score (nSPS) is 13.4. The lowest BCUT2D eigenvalue weighted by Crippen LogP contribution is -2.29.